The van der Waals surface area contributed by atoms with E-state index in [4.69, 9.17) is 16.3 Å². The number of rotatable bonds is 8. The predicted molar refractivity (Wildman–Crippen MR) is 109 cm³/mol. The average Bonchev–Trinajstić information content (AvgIpc) is 2.68. The molecular weight excluding hydrogens is 380 g/mol. The van der Waals surface area contributed by atoms with Crippen LogP contribution in [-0.2, 0) is 19.1 Å². The van der Waals surface area contributed by atoms with Crippen molar-refractivity contribution in [3.05, 3.63) is 70.8 Å². The second-order valence-electron chi connectivity index (χ2n) is 5.98. The Bertz CT molecular complexity index is 866. The number of hydrogen-bond donors (Lipinski definition) is 2. The van der Waals surface area contributed by atoms with Crippen molar-refractivity contribution in [1.29, 1.82) is 0 Å². The van der Waals surface area contributed by atoms with Gasteiger partial charge in [-0.2, -0.15) is 0 Å². The number of nitrogens with one attached hydrogen (secondary N) is 2. The molecule has 0 heterocycles. The van der Waals surface area contributed by atoms with Crippen molar-refractivity contribution >= 4 is 41.1 Å². The number of amides is 2. The van der Waals surface area contributed by atoms with Gasteiger partial charge in [-0.1, -0.05) is 48.0 Å². The van der Waals surface area contributed by atoms with Gasteiger partial charge in [0.05, 0.1) is 17.1 Å². The Hall–Kier alpha value is -3.12. The fourth-order valence-corrected chi connectivity index (χ4v) is 2.49. The summed E-state index contributed by atoms with van der Waals surface area (Å²) in [6.07, 6.45) is 3.02. The highest BCUT2D eigenvalue weighted by Gasteiger charge is 2.10. The number of carbonyl (C=O) groups is 3. The Balaban J connectivity index is 1.64. The molecule has 146 valence electrons. The van der Waals surface area contributed by atoms with Crippen molar-refractivity contribution < 1.29 is 19.1 Å². The number of halogens is 1. The molecule has 0 radical (unpaired) electrons. The number of benzene rings is 2. The first kappa shape index (κ1) is 21.2. The lowest BCUT2D eigenvalue weighted by Crippen LogP contribution is -2.26. The SMILES string of the molecule is Cc1ccc(NC(=O)COC(=O)CCNC(=O)/C=C/c2ccccc2)c(Cl)c1. The van der Waals surface area contributed by atoms with Gasteiger partial charge in [0.2, 0.25) is 5.91 Å². The summed E-state index contributed by atoms with van der Waals surface area (Å²) in [5.74, 6) is -1.39. The number of esters is 1. The topological polar surface area (TPSA) is 84.5 Å². The first-order valence-electron chi connectivity index (χ1n) is 8.66. The van der Waals surface area contributed by atoms with Crippen molar-refractivity contribution in [2.45, 2.75) is 13.3 Å². The van der Waals surface area contributed by atoms with E-state index >= 15 is 0 Å². The first-order chi connectivity index (χ1) is 13.4. The molecule has 0 aliphatic heterocycles. The number of carbonyl (C=O) groups excluding carboxylic acids is 3. The van der Waals surface area contributed by atoms with Gasteiger partial charge in [-0.15, -0.1) is 0 Å². The summed E-state index contributed by atoms with van der Waals surface area (Å²) in [6, 6.07) is 14.6. The molecule has 28 heavy (non-hydrogen) atoms. The van der Waals surface area contributed by atoms with Gasteiger partial charge in [0, 0.05) is 12.6 Å². The van der Waals surface area contributed by atoms with Crippen molar-refractivity contribution in [2.24, 2.45) is 0 Å². The zero-order valence-electron chi connectivity index (χ0n) is 15.4. The molecule has 0 saturated carbocycles. The van der Waals surface area contributed by atoms with Gasteiger partial charge in [0.1, 0.15) is 0 Å². The minimum Gasteiger partial charge on any atom is -0.456 e. The van der Waals surface area contributed by atoms with Crippen LogP contribution in [0.5, 0.6) is 0 Å². The summed E-state index contributed by atoms with van der Waals surface area (Å²) in [6.45, 7) is 1.57. The van der Waals surface area contributed by atoms with Gasteiger partial charge in [0.25, 0.3) is 5.91 Å². The third kappa shape index (κ3) is 7.63. The maximum atomic E-state index is 11.8. The van der Waals surface area contributed by atoms with E-state index in [9.17, 15) is 14.4 Å². The molecule has 2 rings (SSSR count). The van der Waals surface area contributed by atoms with Crippen molar-refractivity contribution in [2.75, 3.05) is 18.5 Å². The maximum absolute atomic E-state index is 11.8. The van der Waals surface area contributed by atoms with E-state index in [2.05, 4.69) is 10.6 Å². The van der Waals surface area contributed by atoms with Gasteiger partial charge >= 0.3 is 5.97 Å². The molecule has 0 aliphatic carbocycles. The zero-order valence-corrected chi connectivity index (χ0v) is 16.2. The third-order valence-corrected chi connectivity index (χ3v) is 3.93. The number of hydrogen-bond acceptors (Lipinski definition) is 4. The molecule has 2 amide bonds. The lowest BCUT2D eigenvalue weighted by molar-refractivity contribution is -0.147. The smallest absolute Gasteiger partial charge is 0.308 e. The molecule has 0 spiro atoms. The molecule has 0 saturated heterocycles. The van der Waals surface area contributed by atoms with E-state index in [1.807, 2.05) is 43.3 Å². The summed E-state index contributed by atoms with van der Waals surface area (Å²) >= 11 is 6.03. The fraction of sp³-hybridized carbons (Fsp3) is 0.190. The highest BCUT2D eigenvalue weighted by Crippen LogP contribution is 2.22. The molecular formula is C21H21ClN2O4. The van der Waals surface area contributed by atoms with Gasteiger partial charge in [0.15, 0.2) is 6.61 Å². The fourth-order valence-electron chi connectivity index (χ4n) is 2.21. The highest BCUT2D eigenvalue weighted by molar-refractivity contribution is 6.33. The van der Waals surface area contributed by atoms with Crippen LogP contribution in [0.25, 0.3) is 6.08 Å². The standard InChI is InChI=1S/C21H21ClN2O4/c1-15-7-9-18(17(22)13-15)24-20(26)14-28-21(27)11-12-23-19(25)10-8-16-5-3-2-4-6-16/h2-10,13H,11-12,14H2,1H3,(H,23,25)(H,24,26)/b10-8+. The minimum absolute atomic E-state index is 0.0382. The first-order valence-corrected chi connectivity index (χ1v) is 9.04. The second-order valence-corrected chi connectivity index (χ2v) is 6.38. The summed E-state index contributed by atoms with van der Waals surface area (Å²) in [5.41, 5.74) is 2.32. The summed E-state index contributed by atoms with van der Waals surface area (Å²) in [7, 11) is 0. The van der Waals surface area contributed by atoms with Crippen LogP contribution in [0.3, 0.4) is 0 Å². The molecule has 6 nitrogen and oxygen atoms in total. The average molecular weight is 401 g/mol. The molecule has 2 aromatic carbocycles. The third-order valence-electron chi connectivity index (χ3n) is 3.62. The van der Waals surface area contributed by atoms with Gasteiger partial charge in [-0.05, 0) is 36.3 Å². The van der Waals surface area contributed by atoms with Crippen molar-refractivity contribution in [1.82, 2.24) is 5.32 Å². The monoisotopic (exact) mass is 400 g/mol. The zero-order chi connectivity index (χ0) is 20.4. The van der Waals surface area contributed by atoms with E-state index in [1.54, 1.807) is 18.2 Å². The second kappa shape index (κ2) is 10.9. The van der Waals surface area contributed by atoms with Crippen LogP contribution in [0.15, 0.2) is 54.6 Å². The van der Waals surface area contributed by atoms with E-state index in [1.165, 1.54) is 6.08 Å². The van der Waals surface area contributed by atoms with Crippen LogP contribution in [0.4, 0.5) is 5.69 Å². The lowest BCUT2D eigenvalue weighted by Gasteiger charge is -2.08. The molecule has 0 fully saturated rings. The van der Waals surface area contributed by atoms with Crippen LogP contribution in [0.2, 0.25) is 5.02 Å². The molecule has 0 atom stereocenters. The van der Waals surface area contributed by atoms with Crippen LogP contribution < -0.4 is 10.6 Å². The Morgan fingerprint density at radius 2 is 1.86 bits per heavy atom. The predicted octanol–water partition coefficient (Wildman–Crippen LogP) is 3.35. The quantitative estimate of drug-likeness (QED) is 0.525. The molecule has 0 aromatic heterocycles. The van der Waals surface area contributed by atoms with E-state index in [0.717, 1.165) is 11.1 Å². The van der Waals surface area contributed by atoms with Gasteiger partial charge in [-0.3, -0.25) is 14.4 Å². The Morgan fingerprint density at radius 3 is 2.57 bits per heavy atom. The van der Waals surface area contributed by atoms with Crippen molar-refractivity contribution in [3.8, 4) is 0 Å². The van der Waals surface area contributed by atoms with E-state index in [0.29, 0.717) is 10.7 Å². The molecule has 2 aromatic rings. The summed E-state index contributed by atoms with van der Waals surface area (Å²) in [5, 5.41) is 5.56. The summed E-state index contributed by atoms with van der Waals surface area (Å²) in [4.78, 5) is 35.2. The minimum atomic E-state index is -0.586. The molecule has 0 bridgehead atoms. The number of aryl methyl sites for hydroxylation is 1. The van der Waals surface area contributed by atoms with Gasteiger partial charge < -0.3 is 15.4 Å². The highest BCUT2D eigenvalue weighted by atomic mass is 35.5. The van der Waals surface area contributed by atoms with Crippen molar-refractivity contribution in [3.63, 3.8) is 0 Å². The van der Waals surface area contributed by atoms with E-state index < -0.39 is 18.5 Å². The Labute approximate surface area is 168 Å². The Morgan fingerprint density at radius 1 is 1.11 bits per heavy atom. The number of ether oxygens (including phenoxy) is 1. The van der Waals surface area contributed by atoms with Gasteiger partial charge in [-0.25, -0.2) is 0 Å². The largest absolute Gasteiger partial charge is 0.456 e. The lowest BCUT2D eigenvalue weighted by atomic mass is 10.2. The molecule has 0 aliphatic rings. The molecule has 7 heteroatoms. The normalized spacial score (nSPS) is 10.5. The Kier molecular flexibility index (Phi) is 8.24. The van der Waals surface area contributed by atoms with Crippen LogP contribution in [-0.4, -0.2) is 30.9 Å². The van der Waals surface area contributed by atoms with Crippen LogP contribution >= 0.6 is 11.6 Å². The van der Waals surface area contributed by atoms with Crippen LogP contribution in [0.1, 0.15) is 17.5 Å². The van der Waals surface area contributed by atoms with E-state index in [-0.39, 0.29) is 18.9 Å². The van der Waals surface area contributed by atoms with Crippen LogP contribution in [0, 0.1) is 6.92 Å². The molecule has 2 N–H and O–H groups in total. The number of anilines is 1. The molecule has 0 unspecified atom stereocenters. The summed E-state index contributed by atoms with van der Waals surface area (Å²) < 4.78 is 4.89. The maximum Gasteiger partial charge on any atom is 0.308 e.